The van der Waals surface area contributed by atoms with E-state index in [1.165, 1.54) is 5.56 Å². The first-order valence-corrected chi connectivity index (χ1v) is 9.06. The Morgan fingerprint density at radius 1 is 0.950 bits per heavy atom. The van der Waals surface area contributed by atoms with Gasteiger partial charge in [0.2, 0.25) is 0 Å². The predicted molar refractivity (Wildman–Crippen MR) is 85.4 cm³/mol. The normalized spacial score (nSPS) is 13.9. The minimum Gasteiger partial charge on any atom is -0.323 e. The molecule has 0 amide bonds. The summed E-state index contributed by atoms with van der Waals surface area (Å²) < 4.78 is 23.9. The van der Waals surface area contributed by atoms with Crippen LogP contribution >= 0.6 is 0 Å². The topological polar surface area (TPSA) is 60.2 Å². The van der Waals surface area contributed by atoms with E-state index in [9.17, 15) is 8.42 Å². The van der Waals surface area contributed by atoms with E-state index < -0.39 is 15.9 Å². The molecule has 0 aromatic heterocycles. The van der Waals surface area contributed by atoms with Crippen molar-refractivity contribution in [3.05, 3.63) is 35.4 Å². The maximum Gasteiger partial charge on any atom is 0.152 e. The van der Waals surface area contributed by atoms with E-state index in [0.717, 1.165) is 12.0 Å². The molecule has 0 saturated carbocycles. The molecule has 20 heavy (non-hydrogen) atoms. The molecule has 1 unspecified atom stereocenters. The summed E-state index contributed by atoms with van der Waals surface area (Å²) in [6, 6.07) is 7.56. The first-order valence-electron chi connectivity index (χ1n) is 7.24. The van der Waals surface area contributed by atoms with Gasteiger partial charge in [0.15, 0.2) is 9.84 Å². The Morgan fingerprint density at radius 2 is 1.50 bits per heavy atom. The highest BCUT2D eigenvalue weighted by Crippen LogP contribution is 2.16. The van der Waals surface area contributed by atoms with Crippen LogP contribution in [0.1, 0.15) is 44.9 Å². The molecule has 0 radical (unpaired) electrons. The van der Waals surface area contributed by atoms with E-state index >= 15 is 0 Å². The lowest BCUT2D eigenvalue weighted by molar-refractivity contribution is 0.575. The molecule has 3 nitrogen and oxygen atoms in total. The van der Waals surface area contributed by atoms with Gasteiger partial charge in [-0.3, -0.25) is 0 Å². The Morgan fingerprint density at radius 3 is 1.95 bits per heavy atom. The number of rotatable bonds is 7. The van der Waals surface area contributed by atoms with Crippen molar-refractivity contribution < 1.29 is 8.42 Å². The largest absolute Gasteiger partial charge is 0.323 e. The predicted octanol–water partition coefficient (Wildman–Crippen LogP) is 2.96. The van der Waals surface area contributed by atoms with Gasteiger partial charge in [0.25, 0.3) is 0 Å². The monoisotopic (exact) mass is 297 g/mol. The fourth-order valence-corrected chi connectivity index (χ4v) is 4.21. The second-order valence-electron chi connectivity index (χ2n) is 6.42. The van der Waals surface area contributed by atoms with Gasteiger partial charge in [-0.05, 0) is 29.4 Å². The van der Waals surface area contributed by atoms with Crippen LogP contribution in [0.4, 0.5) is 0 Å². The Balaban J connectivity index is 2.70. The van der Waals surface area contributed by atoms with Gasteiger partial charge in [0.05, 0.1) is 11.5 Å². The Labute approximate surface area is 123 Å². The van der Waals surface area contributed by atoms with Crippen LogP contribution in [0.5, 0.6) is 0 Å². The van der Waals surface area contributed by atoms with E-state index in [2.05, 4.69) is 13.8 Å². The summed E-state index contributed by atoms with van der Waals surface area (Å²) in [4.78, 5) is 0. The third-order valence-electron chi connectivity index (χ3n) is 3.07. The van der Waals surface area contributed by atoms with Crippen LogP contribution in [0.25, 0.3) is 0 Å². The molecule has 114 valence electrons. The molecule has 1 rings (SSSR count). The lowest BCUT2D eigenvalue weighted by Crippen LogP contribution is -2.25. The second kappa shape index (κ2) is 7.23. The van der Waals surface area contributed by atoms with Crippen LogP contribution in [0.2, 0.25) is 0 Å². The quantitative estimate of drug-likeness (QED) is 0.841. The van der Waals surface area contributed by atoms with Crippen molar-refractivity contribution in [2.24, 2.45) is 17.6 Å². The zero-order valence-electron chi connectivity index (χ0n) is 13.0. The van der Waals surface area contributed by atoms with Gasteiger partial charge in [-0.15, -0.1) is 0 Å². The number of benzene rings is 1. The lowest BCUT2D eigenvalue weighted by atomic mass is 10.0. The number of nitrogens with two attached hydrogens (primary N) is 1. The molecule has 2 N–H and O–H groups in total. The van der Waals surface area contributed by atoms with Gasteiger partial charge < -0.3 is 5.73 Å². The van der Waals surface area contributed by atoms with Gasteiger partial charge in [-0.1, -0.05) is 52.0 Å². The maximum atomic E-state index is 12.0. The Bertz CT molecular complexity index is 504. The van der Waals surface area contributed by atoms with Crippen molar-refractivity contribution in [2.45, 2.75) is 40.2 Å². The van der Waals surface area contributed by atoms with Crippen LogP contribution in [0.15, 0.2) is 24.3 Å². The Hall–Kier alpha value is -0.870. The van der Waals surface area contributed by atoms with E-state index in [4.69, 9.17) is 5.73 Å². The highest BCUT2D eigenvalue weighted by molar-refractivity contribution is 7.91. The minimum atomic E-state index is -3.08. The van der Waals surface area contributed by atoms with Crippen LogP contribution in [-0.4, -0.2) is 19.9 Å². The van der Waals surface area contributed by atoms with E-state index in [1.807, 2.05) is 38.1 Å². The molecule has 1 atom stereocenters. The summed E-state index contributed by atoms with van der Waals surface area (Å²) >= 11 is 0. The summed E-state index contributed by atoms with van der Waals surface area (Å²) in [5.74, 6) is 0.975. The zero-order valence-corrected chi connectivity index (χ0v) is 13.8. The van der Waals surface area contributed by atoms with Crippen molar-refractivity contribution in [3.8, 4) is 0 Å². The van der Waals surface area contributed by atoms with Crippen LogP contribution < -0.4 is 5.73 Å². The van der Waals surface area contributed by atoms with Gasteiger partial charge in [-0.2, -0.15) is 0 Å². The highest BCUT2D eigenvalue weighted by atomic mass is 32.2. The smallest absolute Gasteiger partial charge is 0.152 e. The Kier molecular flexibility index (Phi) is 6.21. The third-order valence-corrected chi connectivity index (χ3v) is 5.11. The summed E-state index contributed by atoms with van der Waals surface area (Å²) in [7, 11) is -3.08. The molecule has 0 heterocycles. The van der Waals surface area contributed by atoms with Gasteiger partial charge in [0, 0.05) is 6.04 Å². The first kappa shape index (κ1) is 17.2. The van der Waals surface area contributed by atoms with Gasteiger partial charge in [-0.25, -0.2) is 8.42 Å². The fraction of sp³-hybridized carbons (Fsp3) is 0.625. The standard InChI is InChI=1S/C16H27NO2S/c1-12(2)9-14-5-7-15(8-6-14)16(17)11-20(18,19)10-13(3)4/h5-8,12-13,16H,9-11,17H2,1-4H3. The van der Waals surface area contributed by atoms with Crippen LogP contribution in [-0.2, 0) is 16.3 Å². The van der Waals surface area contributed by atoms with Gasteiger partial charge in [0.1, 0.15) is 0 Å². The molecule has 0 saturated heterocycles. The molecule has 0 aliphatic heterocycles. The number of hydrogen-bond acceptors (Lipinski definition) is 3. The fourth-order valence-electron chi connectivity index (χ4n) is 2.32. The van der Waals surface area contributed by atoms with Crippen LogP contribution in [0, 0.1) is 11.8 Å². The molecule has 1 aromatic carbocycles. The highest BCUT2D eigenvalue weighted by Gasteiger charge is 2.19. The summed E-state index contributed by atoms with van der Waals surface area (Å²) in [6.45, 7) is 8.17. The molecule has 0 aliphatic carbocycles. The zero-order chi connectivity index (χ0) is 15.3. The SMILES string of the molecule is CC(C)Cc1ccc(C(N)CS(=O)(=O)CC(C)C)cc1. The molecule has 0 bridgehead atoms. The first-order chi connectivity index (χ1) is 9.19. The van der Waals surface area contributed by atoms with Crippen molar-refractivity contribution in [1.29, 1.82) is 0 Å². The van der Waals surface area contributed by atoms with Crippen molar-refractivity contribution in [2.75, 3.05) is 11.5 Å². The molecule has 1 aromatic rings. The van der Waals surface area contributed by atoms with E-state index in [1.54, 1.807) is 0 Å². The third kappa shape index (κ3) is 6.06. The van der Waals surface area contributed by atoms with Crippen molar-refractivity contribution in [3.63, 3.8) is 0 Å². The maximum absolute atomic E-state index is 12.0. The summed E-state index contributed by atoms with van der Waals surface area (Å²) in [5, 5.41) is 0. The molecular weight excluding hydrogens is 270 g/mol. The van der Waals surface area contributed by atoms with E-state index in [0.29, 0.717) is 5.92 Å². The van der Waals surface area contributed by atoms with Crippen LogP contribution in [0.3, 0.4) is 0 Å². The molecule has 0 fully saturated rings. The summed E-state index contributed by atoms with van der Waals surface area (Å²) in [6.07, 6.45) is 1.03. The van der Waals surface area contributed by atoms with Crippen molar-refractivity contribution in [1.82, 2.24) is 0 Å². The average molecular weight is 297 g/mol. The molecule has 0 spiro atoms. The molecule has 4 heteroatoms. The van der Waals surface area contributed by atoms with E-state index in [-0.39, 0.29) is 17.4 Å². The average Bonchev–Trinajstić information content (AvgIpc) is 2.26. The second-order valence-corrected chi connectivity index (χ2v) is 8.57. The van der Waals surface area contributed by atoms with Crippen molar-refractivity contribution >= 4 is 9.84 Å². The summed E-state index contributed by atoms with van der Waals surface area (Å²) in [5.41, 5.74) is 8.19. The molecular formula is C16H27NO2S. The number of hydrogen-bond donors (Lipinski definition) is 1. The lowest BCUT2D eigenvalue weighted by Gasteiger charge is -2.14. The minimum absolute atomic E-state index is 0.0225. The number of sulfone groups is 1. The van der Waals surface area contributed by atoms with Gasteiger partial charge >= 0.3 is 0 Å². The molecule has 0 aliphatic rings.